The van der Waals surface area contributed by atoms with E-state index in [1.54, 1.807) is 13.1 Å². The van der Waals surface area contributed by atoms with Crippen molar-refractivity contribution in [3.8, 4) is 0 Å². The molecule has 5 heteroatoms. The van der Waals surface area contributed by atoms with E-state index in [0.717, 1.165) is 35.3 Å². The zero-order valence-electron chi connectivity index (χ0n) is 15.1. The number of halogens is 2. The minimum Gasteiger partial charge on any atom is -0.327 e. The largest absolute Gasteiger partial charge is 0.327 e. The smallest absolute Gasteiger partial charge is 0.159 e. The van der Waals surface area contributed by atoms with Crippen LogP contribution in [0.25, 0.3) is 0 Å². The molecule has 0 spiro atoms. The minimum atomic E-state index is -0.857. The monoisotopic (exact) mass is 348 g/mol. The molecule has 0 amide bonds. The molecule has 0 saturated heterocycles. The Hall–Kier alpha value is -1.88. The molecule has 0 aliphatic heterocycles. The van der Waals surface area contributed by atoms with Crippen molar-refractivity contribution in [2.24, 2.45) is 10.7 Å². The Morgan fingerprint density at radius 2 is 2.08 bits per heavy atom. The van der Waals surface area contributed by atoms with Gasteiger partial charge in [0.15, 0.2) is 17.4 Å². The molecule has 1 aliphatic rings. The van der Waals surface area contributed by atoms with Gasteiger partial charge >= 0.3 is 0 Å². The van der Waals surface area contributed by atoms with Crippen LogP contribution >= 0.6 is 0 Å². The topological polar surface area (TPSA) is 55.5 Å². The average molecular weight is 348 g/mol. The van der Waals surface area contributed by atoms with Crippen LogP contribution in [0.3, 0.4) is 0 Å². The van der Waals surface area contributed by atoms with Crippen LogP contribution in [-0.2, 0) is 11.2 Å². The summed E-state index contributed by atoms with van der Waals surface area (Å²) in [5.74, 6) is -1.84. The first-order chi connectivity index (χ1) is 11.9. The quantitative estimate of drug-likeness (QED) is 0.596. The Bertz CT molecular complexity index is 710. The number of benzene rings is 1. The predicted octanol–water partition coefficient (Wildman–Crippen LogP) is 4.10. The normalized spacial score (nSPS) is 19.0. The second kappa shape index (κ2) is 8.48. The third kappa shape index (κ3) is 4.60. The number of fused-ring (bicyclic) bond motifs is 1. The van der Waals surface area contributed by atoms with Crippen molar-refractivity contribution in [1.82, 2.24) is 0 Å². The van der Waals surface area contributed by atoms with Gasteiger partial charge in [-0.05, 0) is 61.1 Å². The lowest BCUT2D eigenvalue weighted by Crippen LogP contribution is -2.29. The number of aliphatic imine (C=N–C) groups is 1. The summed E-state index contributed by atoms with van der Waals surface area (Å²) in [5, 5.41) is 0. The highest BCUT2D eigenvalue weighted by Crippen LogP contribution is 2.37. The van der Waals surface area contributed by atoms with Crippen molar-refractivity contribution < 1.29 is 13.6 Å². The molecule has 0 fully saturated rings. The van der Waals surface area contributed by atoms with Crippen LogP contribution in [0.1, 0.15) is 56.6 Å². The van der Waals surface area contributed by atoms with Gasteiger partial charge < -0.3 is 5.73 Å². The fourth-order valence-electron chi connectivity index (χ4n) is 3.47. The van der Waals surface area contributed by atoms with Crippen molar-refractivity contribution in [2.75, 3.05) is 7.05 Å². The highest BCUT2D eigenvalue weighted by atomic mass is 19.2. The van der Waals surface area contributed by atoms with E-state index >= 15 is 0 Å². The molecule has 1 aromatic carbocycles. The zero-order valence-corrected chi connectivity index (χ0v) is 15.1. The summed E-state index contributed by atoms with van der Waals surface area (Å²) in [6.45, 7) is 3.94. The Kier molecular flexibility index (Phi) is 6.59. The number of nitrogens with two attached hydrogens (primary N) is 1. The lowest BCUT2D eigenvalue weighted by molar-refractivity contribution is -0.115. The molecule has 0 aromatic heterocycles. The van der Waals surface area contributed by atoms with Crippen LogP contribution in [0.4, 0.5) is 8.78 Å². The summed E-state index contributed by atoms with van der Waals surface area (Å²) in [6.07, 6.45) is 4.92. The van der Waals surface area contributed by atoms with E-state index in [2.05, 4.69) is 11.9 Å². The van der Waals surface area contributed by atoms with Gasteiger partial charge in [0.1, 0.15) is 0 Å². The first-order valence-corrected chi connectivity index (χ1v) is 8.77. The third-order valence-electron chi connectivity index (χ3n) is 4.91. The molecule has 0 radical (unpaired) electrons. The van der Waals surface area contributed by atoms with E-state index < -0.39 is 17.7 Å². The lowest BCUT2D eigenvalue weighted by atomic mass is 9.89. The maximum Gasteiger partial charge on any atom is 0.159 e. The van der Waals surface area contributed by atoms with Crippen LogP contribution < -0.4 is 5.73 Å². The molecule has 136 valence electrons. The maximum atomic E-state index is 13.6. The Labute approximate surface area is 148 Å². The first-order valence-electron chi connectivity index (χ1n) is 8.77. The molecule has 0 heterocycles. The molecule has 2 atom stereocenters. The summed E-state index contributed by atoms with van der Waals surface area (Å²) in [4.78, 5) is 16.6. The molecule has 0 bridgehead atoms. The summed E-state index contributed by atoms with van der Waals surface area (Å²) in [6, 6.07) is 2.08. The van der Waals surface area contributed by atoms with Crippen molar-refractivity contribution in [2.45, 2.75) is 57.9 Å². The number of nitrogens with zero attached hydrogens (tertiary/aromatic N) is 1. The summed E-state index contributed by atoms with van der Waals surface area (Å²) in [5.41, 5.74) is 9.56. The van der Waals surface area contributed by atoms with Crippen molar-refractivity contribution in [3.63, 3.8) is 0 Å². The highest BCUT2D eigenvalue weighted by molar-refractivity contribution is 6.04. The van der Waals surface area contributed by atoms with Gasteiger partial charge in [-0.3, -0.25) is 9.79 Å². The number of ketones is 1. The summed E-state index contributed by atoms with van der Waals surface area (Å²) >= 11 is 0. The number of hydrogen-bond acceptors (Lipinski definition) is 3. The van der Waals surface area contributed by atoms with Gasteiger partial charge in [-0.15, -0.1) is 0 Å². The van der Waals surface area contributed by atoms with Gasteiger partial charge in [0, 0.05) is 31.1 Å². The van der Waals surface area contributed by atoms with Gasteiger partial charge in [0.25, 0.3) is 0 Å². The number of aryl methyl sites for hydroxylation is 1. The Balaban J connectivity index is 2.12. The highest BCUT2D eigenvalue weighted by Gasteiger charge is 2.30. The van der Waals surface area contributed by atoms with Gasteiger partial charge in [-0.1, -0.05) is 13.3 Å². The minimum absolute atomic E-state index is 0.0463. The van der Waals surface area contributed by atoms with Crippen molar-refractivity contribution in [3.05, 3.63) is 46.5 Å². The van der Waals surface area contributed by atoms with Crippen LogP contribution in [0.5, 0.6) is 0 Å². The number of carbonyl (C=O) groups is 1. The molecule has 25 heavy (non-hydrogen) atoms. The summed E-state index contributed by atoms with van der Waals surface area (Å²) in [7, 11) is 1.71. The predicted molar refractivity (Wildman–Crippen MR) is 97.0 cm³/mol. The Morgan fingerprint density at radius 3 is 2.72 bits per heavy atom. The third-order valence-corrected chi connectivity index (χ3v) is 4.91. The number of hydrogen-bond donors (Lipinski definition) is 1. The van der Waals surface area contributed by atoms with E-state index in [0.29, 0.717) is 12.8 Å². The fraction of sp³-hybridized carbons (Fsp3) is 0.500. The molecule has 3 nitrogen and oxygen atoms in total. The molecule has 1 aromatic rings. The van der Waals surface area contributed by atoms with E-state index in [9.17, 15) is 13.6 Å². The zero-order chi connectivity index (χ0) is 18.6. The number of allylic oxidation sites excluding steroid dienone is 2. The molecule has 2 N–H and O–H groups in total. The van der Waals surface area contributed by atoms with Gasteiger partial charge in [-0.25, -0.2) is 8.78 Å². The molecule has 1 aliphatic carbocycles. The standard InChI is InChI=1S/C20H26F2N2O/c1-4-5-13(12(2)24-3)8-15(25)10-20(23)16-7-6-14-9-18(21)19(22)11-17(14)16/h8-9,11,16,20H,4-7,10,23H2,1-3H3/b13-8-,24-12?. The first kappa shape index (κ1) is 19.4. The van der Waals surface area contributed by atoms with E-state index in [1.165, 1.54) is 12.1 Å². The SMILES string of the molecule is CCC/C(=C/C(=O)CC(N)C1CCc2cc(F)c(F)cc21)C(C)=NC. The number of rotatable bonds is 7. The van der Waals surface area contributed by atoms with Crippen molar-refractivity contribution in [1.29, 1.82) is 0 Å². The van der Waals surface area contributed by atoms with Crippen LogP contribution in [0.15, 0.2) is 28.8 Å². The Morgan fingerprint density at radius 1 is 1.40 bits per heavy atom. The van der Waals surface area contributed by atoms with Crippen LogP contribution in [0, 0.1) is 11.6 Å². The van der Waals surface area contributed by atoms with Gasteiger partial charge in [-0.2, -0.15) is 0 Å². The van der Waals surface area contributed by atoms with E-state index in [4.69, 9.17) is 5.73 Å². The molecule has 0 saturated carbocycles. The maximum absolute atomic E-state index is 13.6. The summed E-state index contributed by atoms with van der Waals surface area (Å²) < 4.78 is 26.9. The average Bonchev–Trinajstić information content (AvgIpc) is 2.96. The molecular weight excluding hydrogens is 322 g/mol. The van der Waals surface area contributed by atoms with Gasteiger partial charge in [0.2, 0.25) is 0 Å². The number of carbonyl (C=O) groups excluding carboxylic acids is 1. The van der Waals surface area contributed by atoms with E-state index in [-0.39, 0.29) is 18.1 Å². The molecular formula is C20H26F2N2O. The second-order valence-electron chi connectivity index (χ2n) is 6.67. The fourth-order valence-corrected chi connectivity index (χ4v) is 3.47. The van der Waals surface area contributed by atoms with Crippen LogP contribution in [-0.4, -0.2) is 24.6 Å². The second-order valence-corrected chi connectivity index (χ2v) is 6.67. The van der Waals surface area contributed by atoms with Crippen molar-refractivity contribution >= 4 is 11.5 Å². The molecule has 2 rings (SSSR count). The lowest BCUT2D eigenvalue weighted by Gasteiger charge is -2.19. The van der Waals surface area contributed by atoms with E-state index in [1.807, 2.05) is 6.92 Å². The molecule has 2 unspecified atom stereocenters. The van der Waals surface area contributed by atoms with Crippen LogP contribution in [0.2, 0.25) is 0 Å². The van der Waals surface area contributed by atoms with Gasteiger partial charge in [0.05, 0.1) is 0 Å².